The second-order valence-corrected chi connectivity index (χ2v) is 9.22. The van der Waals surface area contributed by atoms with Crippen LogP contribution in [-0.2, 0) is 32.1 Å². The fraction of sp³-hybridized carbons (Fsp3) is 0.562. The molecule has 1 aromatic heterocycles. The first kappa shape index (κ1) is 23.2. The Kier molecular flexibility index (Phi) is 6.99. The Labute approximate surface area is 169 Å². The van der Waals surface area contributed by atoms with Crippen LogP contribution in [-0.4, -0.2) is 60.3 Å². The molecule has 1 fully saturated rings. The highest BCUT2D eigenvalue weighted by molar-refractivity contribution is 7.91. The maximum atomic E-state index is 12.9. The highest BCUT2D eigenvalue weighted by atomic mass is 35.5. The summed E-state index contributed by atoms with van der Waals surface area (Å²) in [4.78, 5) is 37.5. The summed E-state index contributed by atoms with van der Waals surface area (Å²) < 4.78 is 62.1. The average Bonchev–Trinajstić information content (AvgIpc) is 2.93. The minimum absolute atomic E-state index is 0.0341. The van der Waals surface area contributed by atoms with Crippen molar-refractivity contribution in [3.8, 4) is 0 Å². The summed E-state index contributed by atoms with van der Waals surface area (Å²) in [6.07, 6.45) is -4.00. The van der Waals surface area contributed by atoms with Gasteiger partial charge in [-0.15, -0.1) is 0 Å². The summed E-state index contributed by atoms with van der Waals surface area (Å²) >= 11 is 5.55. The van der Waals surface area contributed by atoms with Crippen LogP contribution in [0.5, 0.6) is 0 Å². The molecule has 0 bridgehead atoms. The number of amides is 2. The van der Waals surface area contributed by atoms with E-state index in [2.05, 4.69) is 5.32 Å². The van der Waals surface area contributed by atoms with E-state index in [0.717, 1.165) is 4.90 Å². The second kappa shape index (κ2) is 8.74. The highest BCUT2D eigenvalue weighted by Crippen LogP contribution is 2.29. The molecule has 29 heavy (non-hydrogen) atoms. The molecular weight excluding hydrogens is 439 g/mol. The zero-order valence-corrected chi connectivity index (χ0v) is 16.9. The maximum absolute atomic E-state index is 12.9. The van der Waals surface area contributed by atoms with Crippen LogP contribution in [0.1, 0.15) is 18.9 Å². The van der Waals surface area contributed by atoms with Crippen molar-refractivity contribution >= 4 is 33.3 Å². The fourth-order valence-corrected chi connectivity index (χ4v) is 4.75. The smallest absolute Gasteiger partial charge is 0.351 e. The van der Waals surface area contributed by atoms with Gasteiger partial charge in [-0.3, -0.25) is 14.4 Å². The number of hydrogen-bond donors (Lipinski definition) is 1. The van der Waals surface area contributed by atoms with E-state index >= 15 is 0 Å². The van der Waals surface area contributed by atoms with Crippen molar-refractivity contribution < 1.29 is 31.2 Å². The molecule has 13 heteroatoms. The molecule has 8 nitrogen and oxygen atoms in total. The van der Waals surface area contributed by atoms with E-state index in [9.17, 15) is 36.0 Å². The summed E-state index contributed by atoms with van der Waals surface area (Å²) in [7, 11) is -3.19. The standard InChI is InChI=1S/C16H19ClF3N3O5S/c1-2-22(7-13(24)21-11-3-4-29(27,28)9-11)14(25)8-23-6-10(16(18,19)20)5-12(17)15(23)26/h5-6,11H,2-4,7-9H2,1H3,(H,21,24). The summed E-state index contributed by atoms with van der Waals surface area (Å²) in [6, 6.07) is -0.0721. The van der Waals surface area contributed by atoms with Crippen molar-refractivity contribution in [1.29, 1.82) is 0 Å². The minimum atomic E-state index is -4.76. The lowest BCUT2D eigenvalue weighted by molar-refractivity contribution is -0.139. The normalized spacial score (nSPS) is 18.4. The van der Waals surface area contributed by atoms with Crippen LogP contribution in [0.25, 0.3) is 0 Å². The Morgan fingerprint density at radius 1 is 1.38 bits per heavy atom. The van der Waals surface area contributed by atoms with E-state index in [1.165, 1.54) is 0 Å². The first-order chi connectivity index (χ1) is 13.3. The van der Waals surface area contributed by atoms with Crippen LogP contribution >= 0.6 is 11.6 Å². The quantitative estimate of drug-likeness (QED) is 0.676. The Morgan fingerprint density at radius 3 is 2.55 bits per heavy atom. The summed E-state index contributed by atoms with van der Waals surface area (Å²) in [5, 5.41) is 1.83. The predicted octanol–water partition coefficient (Wildman–Crippen LogP) is 0.672. The van der Waals surface area contributed by atoms with E-state index in [0.29, 0.717) is 16.8 Å². The summed E-state index contributed by atoms with van der Waals surface area (Å²) in [5.74, 6) is -1.58. The predicted molar refractivity (Wildman–Crippen MR) is 98.2 cm³/mol. The molecule has 1 aromatic rings. The van der Waals surface area contributed by atoms with Gasteiger partial charge in [0.15, 0.2) is 9.84 Å². The molecule has 0 spiro atoms. The van der Waals surface area contributed by atoms with Crippen LogP contribution < -0.4 is 10.9 Å². The third-order valence-corrected chi connectivity index (χ3v) is 6.38. The van der Waals surface area contributed by atoms with Crippen molar-refractivity contribution in [2.45, 2.75) is 32.1 Å². The first-order valence-corrected chi connectivity index (χ1v) is 10.8. The number of carbonyl (C=O) groups is 2. The summed E-state index contributed by atoms with van der Waals surface area (Å²) in [6.45, 7) is 0.443. The molecule has 1 saturated heterocycles. The highest BCUT2D eigenvalue weighted by Gasteiger charge is 2.33. The zero-order valence-electron chi connectivity index (χ0n) is 15.3. The number of nitrogens with one attached hydrogen (secondary N) is 1. The lowest BCUT2D eigenvalue weighted by Gasteiger charge is -2.22. The molecule has 2 heterocycles. The van der Waals surface area contributed by atoms with Crippen LogP contribution in [0.4, 0.5) is 13.2 Å². The van der Waals surface area contributed by atoms with Crippen molar-refractivity contribution in [3.63, 3.8) is 0 Å². The van der Waals surface area contributed by atoms with Crippen molar-refractivity contribution in [2.75, 3.05) is 24.6 Å². The van der Waals surface area contributed by atoms with Crippen molar-refractivity contribution in [3.05, 3.63) is 33.2 Å². The number of alkyl halides is 3. The molecule has 1 aliphatic rings. The molecule has 1 unspecified atom stereocenters. The van der Waals surface area contributed by atoms with Crippen molar-refractivity contribution in [2.24, 2.45) is 0 Å². The molecule has 0 aliphatic carbocycles. The number of carbonyl (C=O) groups excluding carboxylic acids is 2. The third kappa shape index (κ3) is 6.20. The van der Waals surface area contributed by atoms with Gasteiger partial charge in [0.2, 0.25) is 11.8 Å². The van der Waals surface area contributed by atoms with E-state index in [1.54, 1.807) is 6.92 Å². The van der Waals surface area contributed by atoms with Gasteiger partial charge in [-0.2, -0.15) is 13.2 Å². The molecule has 1 N–H and O–H groups in total. The summed E-state index contributed by atoms with van der Waals surface area (Å²) in [5.41, 5.74) is -2.15. The van der Waals surface area contributed by atoms with Gasteiger partial charge in [0.25, 0.3) is 5.56 Å². The van der Waals surface area contributed by atoms with E-state index in [4.69, 9.17) is 11.6 Å². The third-order valence-electron chi connectivity index (χ3n) is 4.34. The SMILES string of the molecule is CCN(CC(=O)NC1CCS(=O)(=O)C1)C(=O)Cn1cc(C(F)(F)F)cc(Cl)c1=O. The maximum Gasteiger partial charge on any atom is 0.417 e. The second-order valence-electron chi connectivity index (χ2n) is 6.58. The molecule has 2 rings (SSSR count). The number of halogens is 4. The zero-order chi connectivity index (χ0) is 22.0. The van der Waals surface area contributed by atoms with Gasteiger partial charge in [-0.25, -0.2) is 8.42 Å². The van der Waals surface area contributed by atoms with Crippen LogP contribution in [0.15, 0.2) is 17.1 Å². The minimum Gasteiger partial charge on any atom is -0.351 e. The molecule has 0 aromatic carbocycles. The largest absolute Gasteiger partial charge is 0.417 e. The first-order valence-electron chi connectivity index (χ1n) is 8.57. The molecule has 162 valence electrons. The molecule has 0 radical (unpaired) electrons. The Balaban J connectivity index is 2.07. The van der Waals surface area contributed by atoms with Crippen LogP contribution in [0, 0.1) is 0 Å². The number of nitrogens with zero attached hydrogens (tertiary/aromatic N) is 2. The molecule has 1 aliphatic heterocycles. The fourth-order valence-electron chi connectivity index (χ4n) is 2.85. The van der Waals surface area contributed by atoms with E-state index in [1.807, 2.05) is 0 Å². The molecule has 1 atom stereocenters. The van der Waals surface area contributed by atoms with Gasteiger partial charge in [0.05, 0.1) is 23.6 Å². The van der Waals surface area contributed by atoms with Gasteiger partial charge < -0.3 is 14.8 Å². The number of rotatable bonds is 6. The van der Waals surface area contributed by atoms with Gasteiger partial charge >= 0.3 is 6.18 Å². The van der Waals surface area contributed by atoms with E-state index in [-0.39, 0.29) is 24.5 Å². The Bertz CT molecular complexity index is 962. The number of hydrogen-bond acceptors (Lipinski definition) is 5. The lowest BCUT2D eigenvalue weighted by Crippen LogP contribution is -2.46. The van der Waals surface area contributed by atoms with Gasteiger partial charge in [0.1, 0.15) is 11.6 Å². The molecule has 0 saturated carbocycles. The molecule has 2 amide bonds. The van der Waals surface area contributed by atoms with Crippen molar-refractivity contribution in [1.82, 2.24) is 14.8 Å². The Morgan fingerprint density at radius 2 is 2.03 bits per heavy atom. The average molecular weight is 458 g/mol. The van der Waals surface area contributed by atoms with E-state index < -0.39 is 63.1 Å². The Hall–Kier alpha value is -2.08. The van der Waals surface area contributed by atoms with Crippen LogP contribution in [0.2, 0.25) is 5.02 Å². The number of pyridine rings is 1. The topological polar surface area (TPSA) is 106 Å². The number of aromatic nitrogens is 1. The lowest BCUT2D eigenvalue weighted by atomic mass is 10.2. The van der Waals surface area contributed by atoms with Gasteiger partial charge in [0, 0.05) is 18.8 Å². The van der Waals surface area contributed by atoms with Gasteiger partial charge in [-0.05, 0) is 19.4 Å². The number of sulfone groups is 1. The molecular formula is C16H19ClF3N3O5S. The van der Waals surface area contributed by atoms with Gasteiger partial charge in [-0.1, -0.05) is 11.6 Å². The monoisotopic (exact) mass is 457 g/mol. The van der Waals surface area contributed by atoms with Crippen LogP contribution in [0.3, 0.4) is 0 Å². The number of likely N-dealkylation sites (N-methyl/N-ethyl adjacent to an activating group) is 1.